The van der Waals surface area contributed by atoms with Crippen molar-refractivity contribution in [2.75, 3.05) is 6.61 Å². The van der Waals surface area contributed by atoms with Crippen molar-refractivity contribution in [1.29, 1.82) is 0 Å². The number of aromatic nitrogens is 2. The van der Waals surface area contributed by atoms with Crippen LogP contribution in [0.5, 0.6) is 0 Å². The fourth-order valence-electron chi connectivity index (χ4n) is 4.42. The van der Waals surface area contributed by atoms with Crippen molar-refractivity contribution < 1.29 is 4.74 Å². The molecule has 0 saturated heterocycles. The van der Waals surface area contributed by atoms with E-state index in [4.69, 9.17) is 21.3 Å². The van der Waals surface area contributed by atoms with Gasteiger partial charge in [-0.1, -0.05) is 0 Å². The summed E-state index contributed by atoms with van der Waals surface area (Å²) < 4.78 is 8.20. The van der Waals surface area contributed by atoms with Crippen molar-refractivity contribution in [1.82, 2.24) is 9.55 Å². The normalized spacial score (nSPS) is 12.6. The molecule has 1 aromatic heterocycles. The monoisotopic (exact) mass is 508 g/mol. The number of rotatable bonds is 10. The Morgan fingerprint density at radius 2 is 1.26 bits per heavy atom. The van der Waals surface area contributed by atoms with Crippen LogP contribution in [0.2, 0.25) is 30.8 Å². The maximum atomic E-state index is 6.45. The van der Waals surface area contributed by atoms with Crippen molar-refractivity contribution in [3.8, 4) is 0 Å². The van der Waals surface area contributed by atoms with Gasteiger partial charge in [-0.25, -0.2) is 0 Å². The third-order valence-electron chi connectivity index (χ3n) is 6.28. The van der Waals surface area contributed by atoms with E-state index in [2.05, 4.69) is 115 Å². The van der Waals surface area contributed by atoms with Crippen LogP contribution in [0.1, 0.15) is 5.82 Å². The van der Waals surface area contributed by atoms with E-state index in [1.807, 2.05) is 6.20 Å². The predicted molar refractivity (Wildman–Crippen MR) is 152 cm³/mol. The Hall–Kier alpha value is -2.23. The summed E-state index contributed by atoms with van der Waals surface area (Å²) in [5.74, 6) is 0.973. The van der Waals surface area contributed by atoms with E-state index in [9.17, 15) is 0 Å². The molecule has 0 unspecified atom stereocenters. The molecule has 0 aliphatic heterocycles. The molecule has 0 N–H and O–H groups in total. The van der Waals surface area contributed by atoms with Crippen molar-refractivity contribution in [3.05, 3.63) is 108 Å². The number of hydrogen-bond acceptors (Lipinski definition) is 2. The average Bonchev–Trinajstić information content (AvgIpc) is 3.20. The van der Waals surface area contributed by atoms with E-state index in [0.717, 1.165) is 24.6 Å². The molecular weight excluding hydrogens is 475 g/mol. The Morgan fingerprint density at radius 1 is 0.794 bits per heavy atom. The van der Waals surface area contributed by atoms with Gasteiger partial charge in [0.1, 0.15) is 0 Å². The SMILES string of the molecule is C[Si](C)(C)CCOCn1cc(Cl)nc1C[PH](c1ccccc1)(c1ccccc1)c1ccccc1. The number of imidazole rings is 1. The molecule has 1 heterocycles. The van der Waals surface area contributed by atoms with Crippen LogP contribution in [0, 0.1) is 0 Å². The van der Waals surface area contributed by atoms with Crippen LogP contribution in [0.4, 0.5) is 0 Å². The van der Waals surface area contributed by atoms with Gasteiger partial charge in [0.2, 0.25) is 0 Å². The first-order valence-electron chi connectivity index (χ1n) is 11.8. The van der Waals surface area contributed by atoms with Crippen molar-refractivity contribution in [3.63, 3.8) is 0 Å². The Balaban J connectivity index is 1.78. The van der Waals surface area contributed by atoms with Gasteiger partial charge in [-0.05, 0) is 0 Å². The maximum absolute atomic E-state index is 6.45. The van der Waals surface area contributed by atoms with Crippen LogP contribution in [-0.2, 0) is 17.6 Å². The topological polar surface area (TPSA) is 27.1 Å². The number of benzene rings is 3. The molecular formula is C28H34ClN2OPSi. The van der Waals surface area contributed by atoms with Crippen molar-refractivity contribution in [2.45, 2.75) is 38.6 Å². The van der Waals surface area contributed by atoms with Crippen LogP contribution in [0.3, 0.4) is 0 Å². The summed E-state index contributed by atoms with van der Waals surface area (Å²) in [4.78, 5) is 4.79. The molecule has 0 aliphatic carbocycles. The second-order valence-electron chi connectivity index (χ2n) is 9.98. The summed E-state index contributed by atoms with van der Waals surface area (Å²) in [6.45, 7) is 8.35. The summed E-state index contributed by atoms with van der Waals surface area (Å²) in [6.07, 6.45) is 2.71. The number of halogens is 1. The van der Waals surface area contributed by atoms with Gasteiger partial charge < -0.3 is 0 Å². The molecule has 4 rings (SSSR count). The van der Waals surface area contributed by atoms with Crippen LogP contribution in [-0.4, -0.2) is 24.2 Å². The van der Waals surface area contributed by atoms with Gasteiger partial charge in [0.15, 0.2) is 0 Å². The fraction of sp³-hybridized carbons (Fsp3) is 0.250. The van der Waals surface area contributed by atoms with Gasteiger partial charge in [-0.15, -0.1) is 0 Å². The van der Waals surface area contributed by atoms with Gasteiger partial charge in [-0.3, -0.25) is 0 Å². The standard InChI is InChI=1S/C28H34ClN2OPSi/c1-34(2,3)20-19-32-23-31-21-27(29)30-28(31)22-33(24-13-7-4-8-14-24,25-15-9-5-10-16-25)26-17-11-6-12-18-26/h4-18,21,33H,19-20,22-23H2,1-3H3. The van der Waals surface area contributed by atoms with Crippen LogP contribution in [0.15, 0.2) is 97.2 Å². The van der Waals surface area contributed by atoms with E-state index in [-0.39, 0.29) is 0 Å². The first-order chi connectivity index (χ1) is 16.4. The van der Waals surface area contributed by atoms with Crippen LogP contribution < -0.4 is 15.9 Å². The minimum atomic E-state index is -2.45. The Morgan fingerprint density at radius 3 is 1.71 bits per heavy atom. The molecule has 0 spiro atoms. The molecule has 0 atom stereocenters. The van der Waals surface area contributed by atoms with E-state index >= 15 is 0 Å². The molecule has 0 amide bonds. The predicted octanol–water partition coefficient (Wildman–Crippen LogP) is 6.08. The summed E-state index contributed by atoms with van der Waals surface area (Å²) in [6, 6.07) is 33.9. The summed E-state index contributed by atoms with van der Waals surface area (Å²) in [5, 5.41) is 4.59. The quantitative estimate of drug-likeness (QED) is 0.147. The van der Waals surface area contributed by atoms with E-state index in [1.165, 1.54) is 15.9 Å². The second-order valence-corrected chi connectivity index (χ2v) is 19.9. The third kappa shape index (κ3) is 5.87. The molecule has 0 radical (unpaired) electrons. The zero-order valence-electron chi connectivity index (χ0n) is 20.2. The van der Waals surface area contributed by atoms with E-state index in [0.29, 0.717) is 11.9 Å². The number of nitrogens with zero attached hydrogens (tertiary/aromatic N) is 2. The Labute approximate surface area is 210 Å². The van der Waals surface area contributed by atoms with Gasteiger partial charge in [0, 0.05) is 0 Å². The zero-order chi connectivity index (χ0) is 24.0. The summed E-state index contributed by atoms with van der Waals surface area (Å²) in [7, 11) is -3.59. The van der Waals surface area contributed by atoms with Crippen molar-refractivity contribution in [2.24, 2.45) is 0 Å². The molecule has 34 heavy (non-hydrogen) atoms. The van der Waals surface area contributed by atoms with Crippen LogP contribution in [0.25, 0.3) is 0 Å². The molecule has 178 valence electrons. The fourth-order valence-corrected chi connectivity index (χ4v) is 10.1. The molecule has 6 heteroatoms. The second kappa shape index (κ2) is 11.0. The molecule has 0 saturated carbocycles. The third-order valence-corrected chi connectivity index (χ3v) is 13.0. The minimum absolute atomic E-state index is 0.475. The molecule has 3 aromatic carbocycles. The molecule has 0 aliphatic rings. The molecule has 0 fully saturated rings. The van der Waals surface area contributed by atoms with Gasteiger partial charge in [0.25, 0.3) is 0 Å². The molecule has 4 aromatic rings. The first kappa shape index (κ1) is 24.9. The average molecular weight is 509 g/mol. The van der Waals surface area contributed by atoms with E-state index in [1.54, 1.807) is 0 Å². The molecule has 0 bridgehead atoms. The van der Waals surface area contributed by atoms with E-state index < -0.39 is 15.3 Å². The number of ether oxygens (including phenoxy) is 1. The summed E-state index contributed by atoms with van der Waals surface area (Å²) >= 11 is 6.45. The molecule has 3 nitrogen and oxygen atoms in total. The Bertz CT molecular complexity index is 1080. The first-order valence-corrected chi connectivity index (χ1v) is 18.1. The zero-order valence-corrected chi connectivity index (χ0v) is 23.0. The van der Waals surface area contributed by atoms with Crippen molar-refractivity contribution >= 4 is 42.9 Å². The summed E-state index contributed by atoms with van der Waals surface area (Å²) in [5.41, 5.74) is 0. The van der Waals surface area contributed by atoms with Gasteiger partial charge in [-0.2, -0.15) is 0 Å². The van der Waals surface area contributed by atoms with Gasteiger partial charge >= 0.3 is 210 Å². The number of hydrogen-bond donors (Lipinski definition) is 0. The Kier molecular flexibility index (Phi) is 8.05. The van der Waals surface area contributed by atoms with Gasteiger partial charge in [0.05, 0.1) is 0 Å². The van der Waals surface area contributed by atoms with Crippen LogP contribution >= 0.6 is 18.9 Å².